The van der Waals surface area contributed by atoms with Crippen LogP contribution in [-0.2, 0) is 12.1 Å². The summed E-state index contributed by atoms with van der Waals surface area (Å²) in [6.07, 6.45) is 3.18. The summed E-state index contributed by atoms with van der Waals surface area (Å²) in [6, 6.07) is 9.77. The van der Waals surface area contributed by atoms with E-state index >= 15 is 0 Å². The summed E-state index contributed by atoms with van der Waals surface area (Å²) < 4.78 is 1.79. The maximum absolute atomic E-state index is 10.5. The van der Waals surface area contributed by atoms with Crippen LogP contribution in [0.3, 0.4) is 0 Å². The van der Waals surface area contributed by atoms with Crippen LogP contribution in [0.1, 0.15) is 37.9 Å². The Hall–Kier alpha value is -1.65. The molecule has 4 heteroatoms. The van der Waals surface area contributed by atoms with Gasteiger partial charge in [0.25, 0.3) is 0 Å². The van der Waals surface area contributed by atoms with Crippen molar-refractivity contribution in [1.29, 1.82) is 0 Å². The van der Waals surface area contributed by atoms with Crippen molar-refractivity contribution in [3.05, 3.63) is 47.8 Å². The molecule has 4 nitrogen and oxygen atoms in total. The van der Waals surface area contributed by atoms with Gasteiger partial charge in [-0.1, -0.05) is 32.0 Å². The molecule has 0 atom stereocenters. The third-order valence-corrected chi connectivity index (χ3v) is 3.69. The number of aliphatic hydroxyl groups is 1. The zero-order valence-corrected chi connectivity index (χ0v) is 11.5. The zero-order chi connectivity index (χ0) is 13.9. The Labute approximate surface area is 113 Å². The van der Waals surface area contributed by atoms with Gasteiger partial charge in [-0.15, -0.1) is 0 Å². The number of hydrogen-bond donors (Lipinski definition) is 2. The molecule has 0 aliphatic carbocycles. The van der Waals surface area contributed by atoms with Crippen molar-refractivity contribution in [2.75, 3.05) is 0 Å². The summed E-state index contributed by atoms with van der Waals surface area (Å²) in [5.74, 6) is 0. The van der Waals surface area contributed by atoms with Gasteiger partial charge in [-0.05, 0) is 30.5 Å². The highest BCUT2D eigenvalue weighted by Crippen LogP contribution is 2.27. The van der Waals surface area contributed by atoms with Gasteiger partial charge >= 0.3 is 0 Å². The summed E-state index contributed by atoms with van der Waals surface area (Å²) >= 11 is 0. The van der Waals surface area contributed by atoms with Crippen molar-refractivity contribution in [3.8, 4) is 5.69 Å². The number of aromatic nitrogens is 2. The van der Waals surface area contributed by atoms with Gasteiger partial charge in [0.1, 0.15) is 5.60 Å². The molecule has 0 aliphatic heterocycles. The van der Waals surface area contributed by atoms with E-state index in [-0.39, 0.29) is 0 Å². The first kappa shape index (κ1) is 13.8. The van der Waals surface area contributed by atoms with Crippen LogP contribution in [-0.4, -0.2) is 14.9 Å². The number of nitrogens with two attached hydrogens (primary N) is 1. The fourth-order valence-corrected chi connectivity index (χ4v) is 2.23. The number of nitrogens with zero attached hydrogens (tertiary/aromatic N) is 2. The van der Waals surface area contributed by atoms with Crippen molar-refractivity contribution in [2.45, 2.75) is 38.8 Å². The van der Waals surface area contributed by atoms with Crippen molar-refractivity contribution >= 4 is 0 Å². The molecule has 2 rings (SSSR count). The first-order valence-electron chi connectivity index (χ1n) is 6.71. The first-order valence-corrected chi connectivity index (χ1v) is 6.71. The SMILES string of the molecule is CCC(O)(CC)c1ccn(-c2ccccc2CN)n1. The van der Waals surface area contributed by atoms with Crippen molar-refractivity contribution in [1.82, 2.24) is 9.78 Å². The molecule has 0 unspecified atom stereocenters. The van der Waals surface area contributed by atoms with E-state index < -0.39 is 5.60 Å². The molecule has 1 aromatic heterocycles. The Morgan fingerprint density at radius 2 is 1.89 bits per heavy atom. The summed E-state index contributed by atoms with van der Waals surface area (Å²) in [5.41, 5.74) is 7.61. The number of rotatable bonds is 5. The van der Waals surface area contributed by atoms with E-state index in [1.54, 1.807) is 4.68 Å². The van der Waals surface area contributed by atoms with Gasteiger partial charge in [-0.3, -0.25) is 0 Å². The normalized spacial score (nSPS) is 11.8. The maximum atomic E-state index is 10.5. The lowest BCUT2D eigenvalue weighted by atomic mass is 9.94. The van der Waals surface area contributed by atoms with Gasteiger partial charge in [0.2, 0.25) is 0 Å². The molecule has 102 valence electrons. The van der Waals surface area contributed by atoms with Crippen LogP contribution < -0.4 is 5.73 Å². The summed E-state index contributed by atoms with van der Waals surface area (Å²) in [6.45, 7) is 4.41. The van der Waals surface area contributed by atoms with E-state index in [9.17, 15) is 5.11 Å². The average Bonchev–Trinajstić information content (AvgIpc) is 2.96. The van der Waals surface area contributed by atoms with E-state index in [1.165, 1.54) is 0 Å². The minimum Gasteiger partial charge on any atom is -0.384 e. The highest BCUT2D eigenvalue weighted by molar-refractivity contribution is 5.40. The van der Waals surface area contributed by atoms with Gasteiger partial charge < -0.3 is 10.8 Å². The van der Waals surface area contributed by atoms with E-state index in [0.29, 0.717) is 25.1 Å². The van der Waals surface area contributed by atoms with Gasteiger partial charge in [-0.2, -0.15) is 5.10 Å². The van der Waals surface area contributed by atoms with E-state index in [4.69, 9.17) is 5.73 Å². The molecule has 0 saturated heterocycles. The smallest absolute Gasteiger partial charge is 0.108 e. The molecular formula is C15H21N3O. The minimum atomic E-state index is -0.844. The zero-order valence-electron chi connectivity index (χ0n) is 11.5. The van der Waals surface area contributed by atoms with Crippen LogP contribution in [0.5, 0.6) is 0 Å². The Kier molecular flexibility index (Phi) is 4.02. The third-order valence-electron chi connectivity index (χ3n) is 3.69. The van der Waals surface area contributed by atoms with Gasteiger partial charge in [0.15, 0.2) is 0 Å². The fourth-order valence-electron chi connectivity index (χ4n) is 2.23. The minimum absolute atomic E-state index is 0.469. The molecular weight excluding hydrogens is 238 g/mol. The van der Waals surface area contributed by atoms with Crippen LogP contribution in [0.4, 0.5) is 0 Å². The Balaban J connectivity index is 2.41. The standard InChI is InChI=1S/C15H21N3O/c1-3-15(19,4-2)14-9-10-18(17-14)13-8-6-5-7-12(13)11-16/h5-10,19H,3-4,11,16H2,1-2H3. The highest BCUT2D eigenvalue weighted by Gasteiger charge is 2.27. The van der Waals surface area contributed by atoms with E-state index in [1.807, 2.05) is 50.4 Å². The molecule has 0 fully saturated rings. The molecule has 0 saturated carbocycles. The molecule has 1 heterocycles. The lowest BCUT2D eigenvalue weighted by Gasteiger charge is -2.22. The predicted molar refractivity (Wildman–Crippen MR) is 75.9 cm³/mol. The van der Waals surface area contributed by atoms with Crippen molar-refractivity contribution in [3.63, 3.8) is 0 Å². The van der Waals surface area contributed by atoms with Gasteiger partial charge in [0.05, 0.1) is 11.4 Å². The second-order valence-electron chi connectivity index (χ2n) is 4.72. The third kappa shape index (κ3) is 2.55. The van der Waals surface area contributed by atoms with E-state index in [0.717, 1.165) is 11.3 Å². The average molecular weight is 259 g/mol. The molecule has 2 aromatic rings. The Morgan fingerprint density at radius 1 is 1.21 bits per heavy atom. The largest absolute Gasteiger partial charge is 0.384 e. The van der Waals surface area contributed by atoms with Crippen LogP contribution in [0.2, 0.25) is 0 Å². The second kappa shape index (κ2) is 5.55. The maximum Gasteiger partial charge on any atom is 0.108 e. The van der Waals surface area contributed by atoms with E-state index in [2.05, 4.69) is 5.10 Å². The Bertz CT molecular complexity index is 544. The summed E-state index contributed by atoms with van der Waals surface area (Å²) in [5, 5.41) is 15.0. The molecule has 0 aliphatic rings. The molecule has 3 N–H and O–H groups in total. The molecule has 1 aromatic carbocycles. The molecule has 0 radical (unpaired) electrons. The van der Waals surface area contributed by atoms with Crippen LogP contribution in [0, 0.1) is 0 Å². The van der Waals surface area contributed by atoms with Crippen molar-refractivity contribution < 1.29 is 5.11 Å². The highest BCUT2D eigenvalue weighted by atomic mass is 16.3. The fraction of sp³-hybridized carbons (Fsp3) is 0.400. The van der Waals surface area contributed by atoms with Gasteiger partial charge in [0, 0.05) is 12.7 Å². The molecule has 0 bridgehead atoms. The topological polar surface area (TPSA) is 64.1 Å². The van der Waals surface area contributed by atoms with Crippen molar-refractivity contribution in [2.24, 2.45) is 5.73 Å². The summed E-state index contributed by atoms with van der Waals surface area (Å²) in [7, 11) is 0. The molecule has 19 heavy (non-hydrogen) atoms. The first-order chi connectivity index (χ1) is 9.14. The monoisotopic (exact) mass is 259 g/mol. The number of para-hydroxylation sites is 1. The van der Waals surface area contributed by atoms with Crippen LogP contribution >= 0.6 is 0 Å². The van der Waals surface area contributed by atoms with Crippen LogP contribution in [0.25, 0.3) is 5.69 Å². The molecule has 0 spiro atoms. The predicted octanol–water partition coefficient (Wildman–Crippen LogP) is 2.34. The second-order valence-corrected chi connectivity index (χ2v) is 4.72. The van der Waals surface area contributed by atoms with Crippen LogP contribution in [0.15, 0.2) is 36.5 Å². The lowest BCUT2D eigenvalue weighted by Crippen LogP contribution is -2.24. The molecule has 0 amide bonds. The number of benzene rings is 1. The quantitative estimate of drug-likeness (QED) is 0.866. The van der Waals surface area contributed by atoms with Gasteiger partial charge in [-0.25, -0.2) is 4.68 Å². The number of hydrogen-bond acceptors (Lipinski definition) is 3. The Morgan fingerprint density at radius 3 is 2.53 bits per heavy atom. The lowest BCUT2D eigenvalue weighted by molar-refractivity contribution is 0.0236. The summed E-state index contributed by atoms with van der Waals surface area (Å²) in [4.78, 5) is 0.